The van der Waals surface area contributed by atoms with Gasteiger partial charge in [0.25, 0.3) is 0 Å². The van der Waals surface area contributed by atoms with Gasteiger partial charge in [0.1, 0.15) is 9.84 Å². The molecule has 0 radical (unpaired) electrons. The van der Waals surface area contributed by atoms with E-state index in [4.69, 9.17) is 0 Å². The Labute approximate surface area is 91.5 Å². The highest BCUT2D eigenvalue weighted by Crippen LogP contribution is 1.91. The number of hydrogen-bond acceptors (Lipinski definition) is 4. The highest BCUT2D eigenvalue weighted by molar-refractivity contribution is 7.91. The van der Waals surface area contributed by atoms with E-state index in [0.717, 1.165) is 0 Å². The van der Waals surface area contributed by atoms with Gasteiger partial charge in [-0.25, -0.2) is 8.42 Å². The van der Waals surface area contributed by atoms with Crippen LogP contribution in [0.4, 0.5) is 0 Å². The summed E-state index contributed by atoms with van der Waals surface area (Å²) in [5.41, 5.74) is 0. The Morgan fingerprint density at radius 1 is 1.27 bits per heavy atom. The third-order valence-electron chi connectivity index (χ3n) is 1.91. The van der Waals surface area contributed by atoms with E-state index in [1.54, 1.807) is 6.92 Å². The molecular formula is C9H20N2O3S. The van der Waals surface area contributed by atoms with Crippen LogP contribution in [0.5, 0.6) is 0 Å². The predicted octanol–water partition coefficient (Wildman–Crippen LogP) is -0.463. The van der Waals surface area contributed by atoms with E-state index in [0.29, 0.717) is 19.5 Å². The lowest BCUT2D eigenvalue weighted by Gasteiger charge is -2.04. The molecule has 0 saturated carbocycles. The Bertz CT molecular complexity index is 275. The number of sulfone groups is 1. The number of rotatable bonds is 8. The number of carbonyl (C=O) groups excluding carboxylic acids is 1. The van der Waals surface area contributed by atoms with Gasteiger partial charge >= 0.3 is 0 Å². The Balaban J connectivity index is 3.44. The molecule has 0 aliphatic rings. The second-order valence-corrected chi connectivity index (χ2v) is 5.69. The molecule has 0 spiro atoms. The first-order valence-electron chi connectivity index (χ1n) is 5.19. The molecule has 1 amide bonds. The molecule has 0 aromatic rings. The zero-order valence-electron chi connectivity index (χ0n) is 9.38. The molecular weight excluding hydrogens is 216 g/mol. The van der Waals surface area contributed by atoms with E-state index >= 15 is 0 Å². The molecule has 0 aliphatic heterocycles. The highest BCUT2D eigenvalue weighted by atomic mass is 32.2. The summed E-state index contributed by atoms with van der Waals surface area (Å²) in [7, 11) is -2.87. The summed E-state index contributed by atoms with van der Waals surface area (Å²) >= 11 is 0. The minimum atomic E-state index is -2.87. The van der Waals surface area contributed by atoms with Crippen LogP contribution < -0.4 is 10.6 Å². The molecule has 15 heavy (non-hydrogen) atoms. The lowest BCUT2D eigenvalue weighted by molar-refractivity contribution is -0.120. The number of nitrogens with one attached hydrogen (secondary N) is 2. The summed E-state index contributed by atoms with van der Waals surface area (Å²) in [6, 6.07) is 0. The topological polar surface area (TPSA) is 75.3 Å². The SMILES string of the molecule is CCNC(=O)CNCCCS(=O)(=O)CC. The third-order valence-corrected chi connectivity index (χ3v) is 3.70. The molecule has 0 rings (SSSR count). The van der Waals surface area contributed by atoms with Gasteiger partial charge in [0.15, 0.2) is 0 Å². The van der Waals surface area contributed by atoms with Crippen molar-refractivity contribution < 1.29 is 13.2 Å². The maximum atomic E-state index is 11.1. The van der Waals surface area contributed by atoms with Gasteiger partial charge in [0.05, 0.1) is 12.3 Å². The number of amides is 1. The molecule has 0 aliphatic carbocycles. The van der Waals surface area contributed by atoms with Gasteiger partial charge in [0, 0.05) is 12.3 Å². The fourth-order valence-electron chi connectivity index (χ4n) is 1.02. The summed E-state index contributed by atoms with van der Waals surface area (Å²) < 4.78 is 22.2. The molecule has 0 bridgehead atoms. The van der Waals surface area contributed by atoms with E-state index in [1.165, 1.54) is 0 Å². The number of carbonyl (C=O) groups is 1. The van der Waals surface area contributed by atoms with Crippen molar-refractivity contribution >= 4 is 15.7 Å². The van der Waals surface area contributed by atoms with Crippen LogP contribution in [0.2, 0.25) is 0 Å². The van der Waals surface area contributed by atoms with Gasteiger partial charge in [-0.15, -0.1) is 0 Å². The fourth-order valence-corrected chi connectivity index (χ4v) is 1.90. The normalized spacial score (nSPS) is 11.3. The molecule has 0 aromatic heterocycles. The highest BCUT2D eigenvalue weighted by Gasteiger charge is 2.06. The molecule has 90 valence electrons. The van der Waals surface area contributed by atoms with Crippen LogP contribution in [-0.4, -0.2) is 45.5 Å². The van der Waals surface area contributed by atoms with Crippen molar-refractivity contribution in [2.75, 3.05) is 31.1 Å². The number of hydrogen-bond donors (Lipinski definition) is 2. The lowest BCUT2D eigenvalue weighted by atomic mass is 10.4. The summed E-state index contributed by atoms with van der Waals surface area (Å²) in [5, 5.41) is 5.53. The van der Waals surface area contributed by atoms with E-state index in [9.17, 15) is 13.2 Å². The van der Waals surface area contributed by atoms with Crippen molar-refractivity contribution in [1.29, 1.82) is 0 Å². The summed E-state index contributed by atoms with van der Waals surface area (Å²) in [6.07, 6.45) is 0.551. The first-order chi connectivity index (χ1) is 7.02. The predicted molar refractivity (Wildman–Crippen MR) is 60.5 cm³/mol. The second-order valence-electron chi connectivity index (χ2n) is 3.22. The average Bonchev–Trinajstić information content (AvgIpc) is 2.17. The third kappa shape index (κ3) is 8.38. The largest absolute Gasteiger partial charge is 0.355 e. The lowest BCUT2D eigenvalue weighted by Crippen LogP contribution is -2.34. The molecule has 5 nitrogen and oxygen atoms in total. The summed E-state index contributed by atoms with van der Waals surface area (Å²) in [6.45, 7) is 4.91. The van der Waals surface area contributed by atoms with Gasteiger partial charge in [-0.1, -0.05) is 6.92 Å². The zero-order chi connectivity index (χ0) is 11.7. The van der Waals surface area contributed by atoms with Crippen LogP contribution in [0.3, 0.4) is 0 Å². The molecule has 0 heterocycles. The Morgan fingerprint density at radius 3 is 2.47 bits per heavy atom. The molecule has 6 heteroatoms. The molecule has 0 fully saturated rings. The van der Waals surface area contributed by atoms with Gasteiger partial charge in [0.2, 0.25) is 5.91 Å². The quantitative estimate of drug-likeness (QED) is 0.559. The Kier molecular flexibility index (Phi) is 7.33. The second kappa shape index (κ2) is 7.64. The minimum absolute atomic E-state index is 0.0594. The summed E-state index contributed by atoms with van der Waals surface area (Å²) in [4.78, 5) is 11.0. The van der Waals surface area contributed by atoms with Gasteiger partial charge in [-0.05, 0) is 19.9 Å². The minimum Gasteiger partial charge on any atom is -0.355 e. The van der Waals surface area contributed by atoms with Crippen molar-refractivity contribution in [2.24, 2.45) is 0 Å². The maximum Gasteiger partial charge on any atom is 0.233 e. The van der Waals surface area contributed by atoms with Crippen LogP contribution in [0.15, 0.2) is 0 Å². The average molecular weight is 236 g/mol. The Hall–Kier alpha value is -0.620. The smallest absolute Gasteiger partial charge is 0.233 e. The van der Waals surface area contributed by atoms with Crippen molar-refractivity contribution in [3.8, 4) is 0 Å². The van der Waals surface area contributed by atoms with Crippen molar-refractivity contribution in [3.05, 3.63) is 0 Å². The first kappa shape index (κ1) is 14.4. The van der Waals surface area contributed by atoms with Crippen LogP contribution in [0.1, 0.15) is 20.3 Å². The monoisotopic (exact) mass is 236 g/mol. The summed E-state index contributed by atoms with van der Waals surface area (Å²) in [5.74, 6) is 0.311. The van der Waals surface area contributed by atoms with E-state index in [2.05, 4.69) is 10.6 Å². The molecule has 0 atom stereocenters. The van der Waals surface area contributed by atoms with Crippen LogP contribution >= 0.6 is 0 Å². The van der Waals surface area contributed by atoms with E-state index < -0.39 is 9.84 Å². The van der Waals surface area contributed by atoms with Crippen LogP contribution in [0, 0.1) is 0 Å². The van der Waals surface area contributed by atoms with Gasteiger partial charge in [-0.3, -0.25) is 4.79 Å². The molecule has 0 saturated heterocycles. The van der Waals surface area contributed by atoms with E-state index in [1.807, 2.05) is 6.92 Å². The van der Waals surface area contributed by atoms with Crippen molar-refractivity contribution in [3.63, 3.8) is 0 Å². The molecule has 2 N–H and O–H groups in total. The standard InChI is InChI=1S/C9H20N2O3S/c1-3-11-9(12)8-10-6-5-7-15(13,14)4-2/h10H,3-8H2,1-2H3,(H,11,12). The van der Waals surface area contributed by atoms with Crippen LogP contribution in [-0.2, 0) is 14.6 Å². The van der Waals surface area contributed by atoms with Gasteiger partial charge in [-0.2, -0.15) is 0 Å². The fraction of sp³-hybridized carbons (Fsp3) is 0.889. The number of likely N-dealkylation sites (N-methyl/N-ethyl adjacent to an activating group) is 1. The van der Waals surface area contributed by atoms with Crippen molar-refractivity contribution in [2.45, 2.75) is 20.3 Å². The molecule has 0 unspecified atom stereocenters. The van der Waals surface area contributed by atoms with Crippen molar-refractivity contribution in [1.82, 2.24) is 10.6 Å². The van der Waals surface area contributed by atoms with E-state index in [-0.39, 0.29) is 24.0 Å². The maximum absolute atomic E-state index is 11.1. The Morgan fingerprint density at radius 2 is 1.93 bits per heavy atom. The zero-order valence-corrected chi connectivity index (χ0v) is 10.2. The van der Waals surface area contributed by atoms with Gasteiger partial charge < -0.3 is 10.6 Å². The first-order valence-corrected chi connectivity index (χ1v) is 7.01. The molecule has 0 aromatic carbocycles. The van der Waals surface area contributed by atoms with Crippen LogP contribution in [0.25, 0.3) is 0 Å².